The topological polar surface area (TPSA) is 47.6 Å². The number of amides is 1. The molecule has 1 N–H and O–H groups in total. The van der Waals surface area contributed by atoms with E-state index in [1.165, 1.54) is 16.7 Å². The molecule has 0 bridgehead atoms. The molecule has 0 saturated heterocycles. The highest BCUT2D eigenvalue weighted by atomic mass is 35.5. The third kappa shape index (κ3) is 10.7. The van der Waals surface area contributed by atoms with Crippen LogP contribution in [0.4, 0.5) is 0 Å². The van der Waals surface area contributed by atoms with Crippen LogP contribution < -0.4 is 10.1 Å². The Morgan fingerprint density at radius 1 is 1.07 bits per heavy atom. The van der Waals surface area contributed by atoms with Crippen LogP contribution >= 0.6 is 11.6 Å². The van der Waals surface area contributed by atoms with Crippen LogP contribution in [0.3, 0.4) is 0 Å². The van der Waals surface area contributed by atoms with Gasteiger partial charge in [0.25, 0.3) is 0 Å². The summed E-state index contributed by atoms with van der Waals surface area (Å²) >= 11 is 5.70. The van der Waals surface area contributed by atoms with Crippen molar-refractivity contribution < 1.29 is 14.3 Å². The molecule has 0 aromatic heterocycles. The zero-order valence-electron chi connectivity index (χ0n) is 18.7. The number of hydrogen-bond donors (Lipinski definition) is 1. The molecule has 1 amide bonds. The maximum Gasteiger partial charge on any atom is 0.207 e. The molecule has 2 aromatic carbocycles. The summed E-state index contributed by atoms with van der Waals surface area (Å²) in [6.45, 7) is 8.21. The molecule has 5 heteroatoms. The van der Waals surface area contributed by atoms with E-state index in [1.54, 1.807) is 7.11 Å². The third-order valence-corrected chi connectivity index (χ3v) is 4.95. The number of alkyl halides is 1. The monoisotopic (exact) mass is 433 g/mol. The lowest BCUT2D eigenvalue weighted by Crippen LogP contribution is -2.18. The molecule has 0 fully saturated rings. The van der Waals surface area contributed by atoms with Gasteiger partial charge in [-0.1, -0.05) is 55.8 Å². The molecule has 0 unspecified atom stereocenters. The van der Waals surface area contributed by atoms with Gasteiger partial charge in [-0.25, -0.2) is 0 Å². The van der Waals surface area contributed by atoms with Crippen molar-refractivity contribution in [2.75, 3.05) is 32.7 Å². The van der Waals surface area contributed by atoms with E-state index in [9.17, 15) is 4.79 Å². The number of rotatable bonds is 12. The molecule has 0 saturated carbocycles. The number of carbonyl (C=O) groups is 1. The van der Waals surface area contributed by atoms with Crippen molar-refractivity contribution in [2.24, 2.45) is 0 Å². The Balaban J connectivity index is 0.000000375. The van der Waals surface area contributed by atoms with E-state index < -0.39 is 0 Å². The van der Waals surface area contributed by atoms with Crippen molar-refractivity contribution >= 4 is 18.0 Å². The highest BCUT2D eigenvalue weighted by Crippen LogP contribution is 2.21. The van der Waals surface area contributed by atoms with Crippen molar-refractivity contribution in [3.8, 4) is 5.75 Å². The van der Waals surface area contributed by atoms with Crippen LogP contribution in [-0.2, 0) is 22.4 Å². The lowest BCUT2D eigenvalue weighted by molar-refractivity contribution is -0.109. The van der Waals surface area contributed by atoms with E-state index in [-0.39, 0.29) is 0 Å². The first-order chi connectivity index (χ1) is 14.5. The summed E-state index contributed by atoms with van der Waals surface area (Å²) < 4.78 is 10.9. The molecule has 0 heterocycles. The number of ether oxygens (including phenoxy) is 2. The molecule has 0 aliphatic rings. The van der Waals surface area contributed by atoms with Gasteiger partial charge in [0.15, 0.2) is 0 Å². The van der Waals surface area contributed by atoms with Gasteiger partial charge in [0.05, 0.1) is 20.3 Å². The minimum absolute atomic E-state index is 0.523. The largest absolute Gasteiger partial charge is 0.496 e. The number of aryl methyl sites for hydroxylation is 2. The summed E-state index contributed by atoms with van der Waals surface area (Å²) in [7, 11) is 1.68. The second-order valence-corrected chi connectivity index (χ2v) is 7.82. The zero-order valence-corrected chi connectivity index (χ0v) is 19.5. The summed E-state index contributed by atoms with van der Waals surface area (Å²) in [4.78, 5) is 10.1. The molecule has 30 heavy (non-hydrogen) atoms. The molecule has 0 atom stereocenters. The van der Waals surface area contributed by atoms with Gasteiger partial charge in [-0.15, -0.1) is 11.6 Å². The molecule has 0 aliphatic heterocycles. The molecule has 2 rings (SSSR count). The van der Waals surface area contributed by atoms with E-state index in [4.69, 9.17) is 21.1 Å². The Morgan fingerprint density at radius 2 is 1.80 bits per heavy atom. The van der Waals surface area contributed by atoms with Crippen LogP contribution in [0.15, 0.2) is 42.5 Å². The standard InChI is InChI=1S/C15H22ClNO3.C10H14/c1-19-15-11-13(3-2-7-16)4-5-14(15)6-9-20-10-8-17-12-18;1-8(2)10-6-4-9(3)5-7-10/h4-5,11-12H,2-3,6-10H2,1H3,(H,17,18);4-8H,1-3H3. The zero-order chi connectivity index (χ0) is 22.2. The summed E-state index contributed by atoms with van der Waals surface area (Å²) in [6.07, 6.45) is 3.40. The summed E-state index contributed by atoms with van der Waals surface area (Å²) in [5.74, 6) is 2.22. The lowest BCUT2D eigenvalue weighted by Gasteiger charge is -2.11. The third-order valence-electron chi connectivity index (χ3n) is 4.68. The molecule has 2 aromatic rings. The van der Waals surface area contributed by atoms with E-state index in [0.29, 0.717) is 38.0 Å². The highest BCUT2D eigenvalue weighted by Gasteiger charge is 2.05. The van der Waals surface area contributed by atoms with Crippen LogP contribution in [-0.4, -0.2) is 39.2 Å². The SMILES string of the molecule is COc1cc(CCCCl)ccc1CCOCCNC=O.Cc1ccc(C(C)C)cc1. The smallest absolute Gasteiger partial charge is 0.207 e. The van der Waals surface area contributed by atoms with Crippen LogP contribution in [0.1, 0.15) is 48.4 Å². The Morgan fingerprint density at radius 3 is 2.40 bits per heavy atom. The number of benzene rings is 2. The first-order valence-electron chi connectivity index (χ1n) is 10.5. The van der Waals surface area contributed by atoms with Gasteiger partial charge in [-0.3, -0.25) is 4.79 Å². The van der Waals surface area contributed by atoms with E-state index >= 15 is 0 Å². The van der Waals surface area contributed by atoms with Crippen LogP contribution in [0.2, 0.25) is 0 Å². The van der Waals surface area contributed by atoms with Gasteiger partial charge < -0.3 is 14.8 Å². The predicted octanol–water partition coefficient (Wildman–Crippen LogP) is 5.29. The van der Waals surface area contributed by atoms with Gasteiger partial charge in [-0.05, 0) is 54.9 Å². The molecular formula is C25H36ClNO3. The van der Waals surface area contributed by atoms with Gasteiger partial charge in [0, 0.05) is 12.4 Å². The Hall–Kier alpha value is -2.04. The normalized spacial score (nSPS) is 10.3. The quantitative estimate of drug-likeness (QED) is 0.281. The van der Waals surface area contributed by atoms with Crippen molar-refractivity contribution in [3.63, 3.8) is 0 Å². The van der Waals surface area contributed by atoms with Crippen LogP contribution in [0.5, 0.6) is 5.75 Å². The predicted molar refractivity (Wildman–Crippen MR) is 126 cm³/mol. The Kier molecular flexibility index (Phi) is 13.7. The summed E-state index contributed by atoms with van der Waals surface area (Å²) in [5, 5.41) is 2.56. The van der Waals surface area contributed by atoms with Gasteiger partial charge >= 0.3 is 0 Å². The van der Waals surface area contributed by atoms with Crippen molar-refractivity contribution in [1.29, 1.82) is 0 Å². The average molecular weight is 434 g/mol. The fraction of sp³-hybridized carbons (Fsp3) is 0.480. The van der Waals surface area contributed by atoms with Crippen molar-refractivity contribution in [2.45, 2.75) is 46.0 Å². The average Bonchev–Trinajstić information content (AvgIpc) is 2.76. The fourth-order valence-corrected chi connectivity index (χ4v) is 2.98. The highest BCUT2D eigenvalue weighted by molar-refractivity contribution is 6.17. The molecule has 0 radical (unpaired) electrons. The number of carbonyl (C=O) groups excluding carboxylic acids is 1. The van der Waals surface area contributed by atoms with Gasteiger partial charge in [0.1, 0.15) is 5.75 Å². The fourth-order valence-electron chi connectivity index (χ4n) is 2.85. The maximum absolute atomic E-state index is 10.1. The first-order valence-corrected chi connectivity index (χ1v) is 11.1. The molecule has 166 valence electrons. The molecule has 0 aliphatic carbocycles. The first kappa shape index (κ1) is 26.0. The number of methoxy groups -OCH3 is 1. The van der Waals surface area contributed by atoms with E-state index in [0.717, 1.165) is 30.6 Å². The molecular weight excluding hydrogens is 398 g/mol. The van der Waals surface area contributed by atoms with Gasteiger partial charge in [0.2, 0.25) is 6.41 Å². The molecule has 4 nitrogen and oxygen atoms in total. The maximum atomic E-state index is 10.1. The lowest BCUT2D eigenvalue weighted by atomic mass is 10.0. The van der Waals surface area contributed by atoms with Crippen molar-refractivity contribution in [3.05, 3.63) is 64.7 Å². The second-order valence-electron chi connectivity index (χ2n) is 7.44. The Bertz CT molecular complexity index is 717. The second kappa shape index (κ2) is 15.8. The minimum Gasteiger partial charge on any atom is -0.496 e. The minimum atomic E-state index is 0.523. The Labute approximate surface area is 186 Å². The number of hydrogen-bond acceptors (Lipinski definition) is 3. The van der Waals surface area contributed by atoms with E-state index in [2.05, 4.69) is 68.6 Å². The van der Waals surface area contributed by atoms with Gasteiger partial charge in [-0.2, -0.15) is 0 Å². The number of halogens is 1. The molecule has 0 spiro atoms. The van der Waals surface area contributed by atoms with Crippen LogP contribution in [0.25, 0.3) is 0 Å². The summed E-state index contributed by atoms with van der Waals surface area (Å²) in [5.41, 5.74) is 5.13. The van der Waals surface area contributed by atoms with E-state index in [1.807, 2.05) is 0 Å². The van der Waals surface area contributed by atoms with Crippen LogP contribution in [0, 0.1) is 6.92 Å². The van der Waals surface area contributed by atoms with Crippen molar-refractivity contribution in [1.82, 2.24) is 5.32 Å². The number of nitrogens with one attached hydrogen (secondary N) is 1. The summed E-state index contributed by atoms with van der Waals surface area (Å²) in [6, 6.07) is 15.0.